The second-order valence-electron chi connectivity index (χ2n) is 8.14. The van der Waals surface area contributed by atoms with Gasteiger partial charge in [0, 0.05) is 31.9 Å². The van der Waals surface area contributed by atoms with Crippen molar-refractivity contribution >= 4 is 11.7 Å². The zero-order valence-corrected chi connectivity index (χ0v) is 16.6. The first-order valence-electron chi connectivity index (χ1n) is 9.82. The summed E-state index contributed by atoms with van der Waals surface area (Å²) >= 11 is 0. The van der Waals surface area contributed by atoms with E-state index in [4.69, 9.17) is 9.84 Å². The molecule has 0 aromatic heterocycles. The maximum Gasteiger partial charge on any atom is 0.331 e. The van der Waals surface area contributed by atoms with Crippen LogP contribution in [0.2, 0.25) is 0 Å². The van der Waals surface area contributed by atoms with E-state index in [0.29, 0.717) is 25.6 Å². The monoisotopic (exact) mass is 376 g/mol. The molecule has 0 radical (unpaired) electrons. The van der Waals surface area contributed by atoms with Crippen LogP contribution >= 0.6 is 0 Å². The summed E-state index contributed by atoms with van der Waals surface area (Å²) in [5, 5.41) is 8.87. The summed E-state index contributed by atoms with van der Waals surface area (Å²) < 4.78 is 5.57. The highest BCUT2D eigenvalue weighted by atomic mass is 16.5. The predicted octanol–water partition coefficient (Wildman–Crippen LogP) is 1.83. The molecule has 3 aliphatic rings. The Kier molecular flexibility index (Phi) is 6.11. The van der Waals surface area contributed by atoms with Crippen molar-refractivity contribution in [3.05, 3.63) is 24.3 Å². The smallest absolute Gasteiger partial charge is 0.331 e. The first-order valence-corrected chi connectivity index (χ1v) is 9.82. The van der Waals surface area contributed by atoms with Crippen molar-refractivity contribution in [3.63, 3.8) is 0 Å². The van der Waals surface area contributed by atoms with Crippen LogP contribution in [0.25, 0.3) is 0 Å². The molecule has 7 heteroatoms. The Balaban J connectivity index is 1.77. The number of aliphatic hydroxyl groups is 1. The van der Waals surface area contributed by atoms with E-state index in [1.807, 2.05) is 24.0 Å². The molecule has 3 fully saturated rings. The quantitative estimate of drug-likeness (QED) is 0.522. The number of fused-ring (bicyclic) bond motifs is 4. The molecule has 3 N–H and O–H groups in total. The van der Waals surface area contributed by atoms with Crippen molar-refractivity contribution in [2.75, 3.05) is 44.3 Å². The summed E-state index contributed by atoms with van der Waals surface area (Å²) in [6.45, 7) is 9.97. The first kappa shape index (κ1) is 19.8. The van der Waals surface area contributed by atoms with Crippen molar-refractivity contribution < 1.29 is 14.6 Å². The lowest BCUT2D eigenvalue weighted by Crippen LogP contribution is -2.55. The fraction of sp³-hybridized carbons (Fsp3) is 0.650. The fourth-order valence-corrected chi connectivity index (χ4v) is 4.46. The number of carbonyl (C=O) groups is 1. The minimum absolute atomic E-state index is 0.00984. The third-order valence-corrected chi connectivity index (χ3v) is 5.62. The van der Waals surface area contributed by atoms with Crippen molar-refractivity contribution in [1.29, 1.82) is 0 Å². The number of ether oxygens (including phenoxy) is 1. The number of nitrogens with zero attached hydrogens (tertiary/aromatic N) is 2. The summed E-state index contributed by atoms with van der Waals surface area (Å²) in [5.74, 6) is 1.31. The largest absolute Gasteiger partial charge is 0.494 e. The second-order valence-corrected chi connectivity index (χ2v) is 8.14. The summed E-state index contributed by atoms with van der Waals surface area (Å²) in [7, 11) is 0. The maximum absolute atomic E-state index is 12.6. The highest BCUT2D eigenvalue weighted by Crippen LogP contribution is 2.43. The molecular formula is C20H32N4O3. The van der Waals surface area contributed by atoms with Gasteiger partial charge in [0.25, 0.3) is 0 Å². The van der Waals surface area contributed by atoms with Crippen LogP contribution in [0.3, 0.4) is 0 Å². The topological polar surface area (TPSA) is 77.1 Å². The number of aliphatic hydroxyl groups excluding tert-OH is 1. The van der Waals surface area contributed by atoms with Crippen LogP contribution in [0.5, 0.6) is 5.75 Å². The van der Waals surface area contributed by atoms with Gasteiger partial charge >= 0.3 is 6.03 Å². The van der Waals surface area contributed by atoms with E-state index in [9.17, 15) is 4.79 Å². The Bertz CT molecular complexity index is 635. The van der Waals surface area contributed by atoms with Gasteiger partial charge < -0.3 is 19.6 Å². The van der Waals surface area contributed by atoms with E-state index in [2.05, 4.69) is 41.7 Å². The lowest BCUT2D eigenvalue weighted by Gasteiger charge is -2.48. The molecule has 1 aromatic carbocycles. The standard InChI is InChI=1S/C20H32N4O3/c1-4-27-17-7-5-16(6-8-17)24-13-15-11-20(2,3)18(24)14-23(12-15)19(26)22-21-9-10-25/h5-8,15,18,21,25H,4,9-14H2,1-3H3,(H,22,26)/t15?,18-/m1/s1. The number of carbonyl (C=O) groups excluding carboxylic acids is 1. The van der Waals surface area contributed by atoms with Gasteiger partial charge in [-0.05, 0) is 48.9 Å². The fourth-order valence-electron chi connectivity index (χ4n) is 4.46. The molecule has 2 bridgehead atoms. The molecule has 1 unspecified atom stereocenters. The van der Waals surface area contributed by atoms with E-state index in [0.717, 1.165) is 25.3 Å². The average Bonchev–Trinajstić information content (AvgIpc) is 2.90. The zero-order chi connectivity index (χ0) is 19.4. The van der Waals surface area contributed by atoms with Gasteiger partial charge in [-0.1, -0.05) is 13.8 Å². The summed E-state index contributed by atoms with van der Waals surface area (Å²) in [5.41, 5.74) is 6.76. The van der Waals surface area contributed by atoms with E-state index in [1.54, 1.807) is 0 Å². The van der Waals surface area contributed by atoms with E-state index < -0.39 is 0 Å². The molecule has 7 nitrogen and oxygen atoms in total. The minimum atomic E-state index is -0.121. The molecule has 1 aromatic rings. The summed E-state index contributed by atoms with van der Waals surface area (Å²) in [6, 6.07) is 8.41. The Labute approximate surface area is 161 Å². The van der Waals surface area contributed by atoms with Gasteiger partial charge in [-0.2, -0.15) is 0 Å². The molecule has 3 aliphatic heterocycles. The molecule has 150 valence electrons. The number of urea groups is 1. The van der Waals surface area contributed by atoms with Gasteiger partial charge in [0.05, 0.1) is 19.3 Å². The van der Waals surface area contributed by atoms with Crippen LogP contribution < -0.4 is 20.5 Å². The molecular weight excluding hydrogens is 344 g/mol. The molecule has 2 atom stereocenters. The Morgan fingerprint density at radius 2 is 2.00 bits per heavy atom. The SMILES string of the molecule is CCOc1ccc(N2CC3CN(C(=O)NNCCO)C[C@@H]2C(C)(C)C3)cc1. The zero-order valence-electron chi connectivity index (χ0n) is 16.6. The third-order valence-electron chi connectivity index (χ3n) is 5.62. The average molecular weight is 377 g/mol. The lowest BCUT2D eigenvalue weighted by atomic mass is 9.73. The highest BCUT2D eigenvalue weighted by molar-refractivity contribution is 5.74. The van der Waals surface area contributed by atoms with Crippen molar-refractivity contribution in [2.24, 2.45) is 11.3 Å². The number of amides is 2. The van der Waals surface area contributed by atoms with Gasteiger partial charge in [-0.3, -0.25) is 5.43 Å². The number of benzene rings is 1. The number of anilines is 1. The normalized spacial score (nSPS) is 23.9. The van der Waals surface area contributed by atoms with Crippen LogP contribution in [0.4, 0.5) is 10.5 Å². The predicted molar refractivity (Wildman–Crippen MR) is 106 cm³/mol. The number of rotatable bonds is 6. The van der Waals surface area contributed by atoms with Gasteiger partial charge in [-0.15, -0.1) is 0 Å². The molecule has 3 heterocycles. The molecule has 0 spiro atoms. The second kappa shape index (κ2) is 8.35. The van der Waals surface area contributed by atoms with Crippen molar-refractivity contribution in [2.45, 2.75) is 33.2 Å². The number of nitrogens with one attached hydrogen (secondary N) is 2. The van der Waals surface area contributed by atoms with Gasteiger partial charge in [0.15, 0.2) is 0 Å². The molecule has 0 saturated carbocycles. The van der Waals surface area contributed by atoms with Crippen LogP contribution in [-0.4, -0.2) is 61.5 Å². The van der Waals surface area contributed by atoms with Crippen LogP contribution in [0, 0.1) is 11.3 Å². The van der Waals surface area contributed by atoms with E-state index in [-0.39, 0.29) is 24.1 Å². The van der Waals surface area contributed by atoms with Crippen molar-refractivity contribution in [3.8, 4) is 5.75 Å². The molecule has 4 rings (SSSR count). The van der Waals surface area contributed by atoms with Gasteiger partial charge in [-0.25, -0.2) is 10.2 Å². The van der Waals surface area contributed by atoms with Crippen LogP contribution in [0.1, 0.15) is 27.2 Å². The van der Waals surface area contributed by atoms with Gasteiger partial charge in [0.1, 0.15) is 5.75 Å². The van der Waals surface area contributed by atoms with Crippen LogP contribution in [-0.2, 0) is 0 Å². The lowest BCUT2D eigenvalue weighted by molar-refractivity contribution is 0.183. The summed E-state index contributed by atoms with van der Waals surface area (Å²) in [4.78, 5) is 16.9. The number of hydrazine groups is 1. The van der Waals surface area contributed by atoms with E-state index in [1.165, 1.54) is 5.69 Å². The molecule has 27 heavy (non-hydrogen) atoms. The van der Waals surface area contributed by atoms with Crippen molar-refractivity contribution in [1.82, 2.24) is 15.8 Å². The number of piperidine rings is 1. The van der Waals surface area contributed by atoms with Gasteiger partial charge in [0.2, 0.25) is 0 Å². The van der Waals surface area contributed by atoms with E-state index >= 15 is 0 Å². The van der Waals surface area contributed by atoms with Crippen LogP contribution in [0.15, 0.2) is 24.3 Å². The molecule has 2 amide bonds. The Morgan fingerprint density at radius 3 is 2.67 bits per heavy atom. The maximum atomic E-state index is 12.6. The Morgan fingerprint density at radius 1 is 1.26 bits per heavy atom. The highest BCUT2D eigenvalue weighted by Gasteiger charge is 2.46. The molecule has 0 aliphatic carbocycles. The Hall–Kier alpha value is -1.99. The number of hydrogen-bond acceptors (Lipinski definition) is 5. The first-order chi connectivity index (χ1) is 12.9. The molecule has 3 saturated heterocycles. The minimum Gasteiger partial charge on any atom is -0.494 e. The third kappa shape index (κ3) is 4.47. The summed E-state index contributed by atoms with van der Waals surface area (Å²) in [6.07, 6.45) is 1.11. The number of hydrogen-bond donors (Lipinski definition) is 3.